The summed E-state index contributed by atoms with van der Waals surface area (Å²) in [4.78, 5) is 27.3. The highest BCUT2D eigenvalue weighted by Gasteiger charge is 2.20. The van der Waals surface area contributed by atoms with Crippen LogP contribution in [0, 0.1) is 6.92 Å². The quantitative estimate of drug-likeness (QED) is 0.747. The first-order chi connectivity index (χ1) is 7.58. The Labute approximate surface area is 97.4 Å². The van der Waals surface area contributed by atoms with Gasteiger partial charge in [-0.2, -0.15) is 0 Å². The maximum atomic E-state index is 11.5. The average molecular weight is 243 g/mol. The molecule has 0 saturated carbocycles. The number of hydrogen-bond donors (Lipinski definition) is 0. The third-order valence-corrected chi connectivity index (χ3v) is 2.78. The molecule has 6 heteroatoms. The molecule has 0 aliphatic rings. The number of esters is 2. The van der Waals surface area contributed by atoms with E-state index in [1.54, 1.807) is 13.8 Å². The zero-order valence-corrected chi connectivity index (χ0v) is 10.2. The lowest BCUT2D eigenvalue weighted by Gasteiger charge is -2.01. The van der Waals surface area contributed by atoms with Crippen molar-refractivity contribution >= 4 is 23.3 Å². The summed E-state index contributed by atoms with van der Waals surface area (Å²) in [5.74, 6) is -0.889. The van der Waals surface area contributed by atoms with E-state index in [2.05, 4.69) is 9.72 Å². The first-order valence-corrected chi connectivity index (χ1v) is 5.60. The number of aryl methyl sites for hydroxylation is 1. The van der Waals surface area contributed by atoms with E-state index in [4.69, 9.17) is 4.74 Å². The Bertz CT molecular complexity index is 400. The number of nitrogens with zero attached hydrogens (tertiary/aromatic N) is 1. The number of ether oxygens (including phenoxy) is 2. The number of aromatic nitrogens is 1. The Morgan fingerprint density at radius 1 is 1.44 bits per heavy atom. The van der Waals surface area contributed by atoms with Crippen molar-refractivity contribution in [2.45, 2.75) is 20.3 Å². The lowest BCUT2D eigenvalue weighted by Crippen LogP contribution is -2.11. The summed E-state index contributed by atoms with van der Waals surface area (Å²) in [5.41, 5.74) is 0.217. The minimum absolute atomic E-state index is 0.0517. The van der Waals surface area contributed by atoms with Crippen molar-refractivity contribution < 1.29 is 19.1 Å². The number of methoxy groups -OCH3 is 1. The van der Waals surface area contributed by atoms with Crippen LogP contribution in [-0.2, 0) is 20.7 Å². The van der Waals surface area contributed by atoms with E-state index in [-0.39, 0.29) is 18.7 Å². The smallest absolute Gasteiger partial charge is 0.358 e. The molecule has 0 bridgehead atoms. The first-order valence-electron chi connectivity index (χ1n) is 4.78. The molecule has 16 heavy (non-hydrogen) atoms. The average Bonchev–Trinajstić information content (AvgIpc) is 2.59. The molecule has 0 aromatic carbocycles. The molecular formula is C10H13NO4S. The van der Waals surface area contributed by atoms with E-state index in [0.717, 1.165) is 5.01 Å². The van der Waals surface area contributed by atoms with Crippen LogP contribution in [0.25, 0.3) is 0 Å². The first kappa shape index (κ1) is 12.6. The van der Waals surface area contributed by atoms with Crippen LogP contribution >= 0.6 is 11.3 Å². The molecule has 1 rings (SSSR count). The van der Waals surface area contributed by atoms with Gasteiger partial charge in [0.05, 0.1) is 30.0 Å². The molecule has 0 unspecified atom stereocenters. The van der Waals surface area contributed by atoms with Gasteiger partial charge in [0.15, 0.2) is 5.69 Å². The van der Waals surface area contributed by atoms with Crippen LogP contribution < -0.4 is 0 Å². The highest BCUT2D eigenvalue weighted by atomic mass is 32.1. The fraction of sp³-hybridized carbons (Fsp3) is 0.500. The van der Waals surface area contributed by atoms with Gasteiger partial charge in [-0.3, -0.25) is 4.79 Å². The van der Waals surface area contributed by atoms with Crippen LogP contribution in [0.1, 0.15) is 27.3 Å². The molecule has 1 heterocycles. The molecule has 5 nitrogen and oxygen atoms in total. The number of thiazole rings is 1. The van der Waals surface area contributed by atoms with Crippen molar-refractivity contribution in [3.05, 3.63) is 15.6 Å². The molecule has 0 aliphatic carbocycles. The van der Waals surface area contributed by atoms with Crippen molar-refractivity contribution in [3.8, 4) is 0 Å². The molecule has 0 atom stereocenters. The van der Waals surface area contributed by atoms with Gasteiger partial charge in [-0.15, -0.1) is 11.3 Å². The monoisotopic (exact) mass is 243 g/mol. The van der Waals surface area contributed by atoms with Crippen LogP contribution in [0.3, 0.4) is 0 Å². The molecule has 0 fully saturated rings. The highest BCUT2D eigenvalue weighted by Crippen LogP contribution is 2.19. The van der Waals surface area contributed by atoms with Crippen LogP contribution in [0.5, 0.6) is 0 Å². The van der Waals surface area contributed by atoms with Crippen LogP contribution in [-0.4, -0.2) is 30.6 Å². The summed E-state index contributed by atoms with van der Waals surface area (Å²) in [5, 5.41) is 0.724. The zero-order valence-electron chi connectivity index (χ0n) is 9.40. The summed E-state index contributed by atoms with van der Waals surface area (Å²) in [7, 11) is 1.31. The van der Waals surface area contributed by atoms with E-state index in [1.165, 1.54) is 18.4 Å². The van der Waals surface area contributed by atoms with Gasteiger partial charge in [0.25, 0.3) is 0 Å². The normalized spacial score (nSPS) is 9.94. The van der Waals surface area contributed by atoms with Gasteiger partial charge in [-0.05, 0) is 13.8 Å². The molecule has 1 aromatic rings. The zero-order chi connectivity index (χ0) is 12.1. The molecule has 0 radical (unpaired) electrons. The minimum Gasteiger partial charge on any atom is -0.469 e. The molecule has 1 aromatic heterocycles. The predicted octanol–water partition coefficient (Wildman–Crippen LogP) is 1.34. The van der Waals surface area contributed by atoms with Crippen molar-refractivity contribution in [1.29, 1.82) is 0 Å². The van der Waals surface area contributed by atoms with Gasteiger partial charge >= 0.3 is 11.9 Å². The third kappa shape index (κ3) is 3.03. The van der Waals surface area contributed by atoms with Crippen LogP contribution in [0.2, 0.25) is 0 Å². The van der Waals surface area contributed by atoms with Crippen LogP contribution in [0.15, 0.2) is 0 Å². The number of hydrogen-bond acceptors (Lipinski definition) is 6. The summed E-state index contributed by atoms with van der Waals surface area (Å²) in [6.45, 7) is 3.78. The van der Waals surface area contributed by atoms with Crippen molar-refractivity contribution in [1.82, 2.24) is 4.98 Å². The lowest BCUT2D eigenvalue weighted by molar-refractivity contribution is -0.139. The van der Waals surface area contributed by atoms with E-state index in [9.17, 15) is 9.59 Å². The lowest BCUT2D eigenvalue weighted by atomic mass is 10.3. The van der Waals surface area contributed by atoms with Gasteiger partial charge in [0, 0.05) is 0 Å². The van der Waals surface area contributed by atoms with E-state index >= 15 is 0 Å². The summed E-state index contributed by atoms with van der Waals surface area (Å²) in [6.07, 6.45) is 0.0517. The molecule has 0 saturated heterocycles. The molecular weight excluding hydrogens is 230 g/mol. The van der Waals surface area contributed by atoms with Gasteiger partial charge in [-0.1, -0.05) is 0 Å². The summed E-state index contributed by atoms with van der Waals surface area (Å²) in [6, 6.07) is 0. The molecule has 0 N–H and O–H groups in total. The second-order valence-electron chi connectivity index (χ2n) is 2.98. The maximum absolute atomic E-state index is 11.5. The van der Waals surface area contributed by atoms with Gasteiger partial charge in [0.2, 0.25) is 0 Å². The fourth-order valence-corrected chi connectivity index (χ4v) is 2.06. The molecule has 0 aliphatic heterocycles. The SMILES string of the molecule is CCOC(=O)c1nc(C)sc1CC(=O)OC. The fourth-order valence-electron chi connectivity index (χ4n) is 1.15. The van der Waals surface area contributed by atoms with Gasteiger partial charge in [-0.25, -0.2) is 9.78 Å². The van der Waals surface area contributed by atoms with E-state index < -0.39 is 11.9 Å². The Morgan fingerprint density at radius 3 is 2.69 bits per heavy atom. The van der Waals surface area contributed by atoms with Crippen LogP contribution in [0.4, 0.5) is 0 Å². The predicted molar refractivity (Wildman–Crippen MR) is 58.5 cm³/mol. The number of carbonyl (C=O) groups excluding carboxylic acids is 2. The maximum Gasteiger partial charge on any atom is 0.358 e. The van der Waals surface area contributed by atoms with Gasteiger partial charge in [0.1, 0.15) is 0 Å². The molecule has 0 amide bonds. The van der Waals surface area contributed by atoms with Crippen molar-refractivity contribution in [2.24, 2.45) is 0 Å². The number of carbonyl (C=O) groups is 2. The Balaban J connectivity index is 2.91. The highest BCUT2D eigenvalue weighted by molar-refractivity contribution is 7.12. The second-order valence-corrected chi connectivity index (χ2v) is 4.27. The van der Waals surface area contributed by atoms with E-state index in [1.807, 2.05) is 0 Å². The van der Waals surface area contributed by atoms with E-state index in [0.29, 0.717) is 4.88 Å². The topological polar surface area (TPSA) is 65.5 Å². The Morgan fingerprint density at radius 2 is 2.12 bits per heavy atom. The standard InChI is InChI=1S/C10H13NO4S/c1-4-15-10(13)9-7(5-8(12)14-3)16-6(2)11-9/h4-5H2,1-3H3. The van der Waals surface area contributed by atoms with Crippen molar-refractivity contribution in [2.75, 3.05) is 13.7 Å². The van der Waals surface area contributed by atoms with Gasteiger partial charge < -0.3 is 9.47 Å². The number of rotatable bonds is 4. The summed E-state index contributed by atoms with van der Waals surface area (Å²) < 4.78 is 9.40. The molecule has 0 spiro atoms. The second kappa shape index (κ2) is 5.60. The van der Waals surface area contributed by atoms with Crippen molar-refractivity contribution in [3.63, 3.8) is 0 Å². The largest absolute Gasteiger partial charge is 0.469 e. The minimum atomic E-state index is -0.495. The Kier molecular flexibility index (Phi) is 4.42. The molecule has 88 valence electrons. The summed E-state index contributed by atoms with van der Waals surface area (Å²) >= 11 is 1.30. The third-order valence-electron chi connectivity index (χ3n) is 1.81. The Hall–Kier alpha value is -1.43.